The van der Waals surface area contributed by atoms with E-state index in [9.17, 15) is 4.79 Å². The number of rotatable bonds is 0. The molecule has 0 unspecified atom stereocenters. The smallest absolute Gasteiger partial charge is 0.268 e. The maximum atomic E-state index is 10.3. The van der Waals surface area contributed by atoms with Gasteiger partial charge in [0.25, 0.3) is 5.56 Å². The highest BCUT2D eigenvalue weighted by atomic mass is 32.1. The zero-order chi connectivity index (χ0) is 5.98. The molecule has 0 bridgehead atoms. The Morgan fingerprint density at radius 3 is 2.88 bits per heavy atom. The molecular formula is C3H3N3OS. The van der Waals surface area contributed by atoms with Gasteiger partial charge in [-0.05, 0) is 0 Å². The predicted molar refractivity (Wildman–Crippen MR) is 29.9 cm³/mol. The zero-order valence-corrected chi connectivity index (χ0v) is 4.72. The molecule has 42 valence electrons. The summed E-state index contributed by atoms with van der Waals surface area (Å²) in [5, 5.41) is 9.05. The Bertz CT molecular complexity index is 232. The lowest BCUT2D eigenvalue weighted by Gasteiger charge is -1.80. The van der Waals surface area contributed by atoms with Crippen molar-refractivity contribution >= 4 is 12.6 Å². The fraction of sp³-hybridized carbons (Fsp3) is 0. The van der Waals surface area contributed by atoms with Crippen molar-refractivity contribution < 1.29 is 0 Å². The zero-order valence-electron chi connectivity index (χ0n) is 3.83. The van der Waals surface area contributed by atoms with E-state index in [0.717, 1.165) is 0 Å². The van der Waals surface area contributed by atoms with Crippen LogP contribution in [0.25, 0.3) is 0 Å². The third-order valence-corrected chi connectivity index (χ3v) is 0.791. The van der Waals surface area contributed by atoms with Crippen LogP contribution in [0.2, 0.25) is 0 Å². The van der Waals surface area contributed by atoms with Gasteiger partial charge in [0, 0.05) is 6.07 Å². The molecule has 1 N–H and O–H groups in total. The normalized spacial score (nSPS) is 9.12. The standard InChI is InChI=1S/C3H3N3OS/c7-2-1-3(8)5-6-4-2/h1H,(H2,4,5,7,8). The van der Waals surface area contributed by atoms with Crippen LogP contribution in [0.5, 0.6) is 0 Å². The maximum Gasteiger partial charge on any atom is 0.268 e. The van der Waals surface area contributed by atoms with E-state index in [-0.39, 0.29) is 5.56 Å². The highest BCUT2D eigenvalue weighted by Gasteiger charge is 1.84. The second-order valence-electron chi connectivity index (χ2n) is 1.18. The Balaban J connectivity index is 3.28. The molecule has 0 saturated carbocycles. The third-order valence-electron chi connectivity index (χ3n) is 0.573. The SMILES string of the molecule is O=c1cc(S)nn[nH]1. The van der Waals surface area contributed by atoms with Crippen molar-refractivity contribution in [3.63, 3.8) is 0 Å². The van der Waals surface area contributed by atoms with E-state index in [1.54, 1.807) is 0 Å². The van der Waals surface area contributed by atoms with Crippen LogP contribution in [-0.4, -0.2) is 15.4 Å². The van der Waals surface area contributed by atoms with E-state index >= 15 is 0 Å². The van der Waals surface area contributed by atoms with E-state index in [1.165, 1.54) is 6.07 Å². The highest BCUT2D eigenvalue weighted by Crippen LogP contribution is 1.88. The van der Waals surface area contributed by atoms with Gasteiger partial charge in [-0.25, -0.2) is 5.10 Å². The minimum absolute atomic E-state index is 0.287. The summed E-state index contributed by atoms with van der Waals surface area (Å²) in [5.74, 6) is 0. The summed E-state index contributed by atoms with van der Waals surface area (Å²) in [7, 11) is 0. The molecule has 1 heterocycles. The minimum Gasteiger partial charge on any atom is -0.268 e. The van der Waals surface area contributed by atoms with Gasteiger partial charge in [-0.2, -0.15) is 0 Å². The number of aromatic nitrogens is 3. The summed E-state index contributed by atoms with van der Waals surface area (Å²) in [5.41, 5.74) is -0.287. The number of hydrogen-bond acceptors (Lipinski definition) is 4. The van der Waals surface area contributed by atoms with Crippen LogP contribution in [0.3, 0.4) is 0 Å². The first-order valence-electron chi connectivity index (χ1n) is 1.90. The van der Waals surface area contributed by atoms with E-state index in [1.807, 2.05) is 0 Å². The number of H-pyrrole nitrogens is 1. The monoisotopic (exact) mass is 129 g/mol. The summed E-state index contributed by atoms with van der Waals surface area (Å²) in [6, 6.07) is 1.25. The summed E-state index contributed by atoms with van der Waals surface area (Å²) in [6.45, 7) is 0. The summed E-state index contributed by atoms with van der Waals surface area (Å²) in [4.78, 5) is 10.3. The molecule has 0 aliphatic carbocycles. The van der Waals surface area contributed by atoms with Gasteiger partial charge in [0.1, 0.15) is 5.03 Å². The van der Waals surface area contributed by atoms with Gasteiger partial charge in [-0.15, -0.1) is 17.7 Å². The van der Waals surface area contributed by atoms with Crippen molar-refractivity contribution in [2.75, 3.05) is 0 Å². The van der Waals surface area contributed by atoms with Gasteiger partial charge in [0.2, 0.25) is 0 Å². The van der Waals surface area contributed by atoms with Crippen LogP contribution >= 0.6 is 12.6 Å². The van der Waals surface area contributed by atoms with Crippen LogP contribution in [0, 0.1) is 0 Å². The second kappa shape index (κ2) is 1.95. The largest absolute Gasteiger partial charge is 0.268 e. The first kappa shape index (κ1) is 5.30. The topological polar surface area (TPSA) is 58.6 Å². The first-order chi connectivity index (χ1) is 3.79. The van der Waals surface area contributed by atoms with E-state index in [4.69, 9.17) is 0 Å². The Hall–Kier alpha value is -0.840. The van der Waals surface area contributed by atoms with E-state index in [0.29, 0.717) is 5.03 Å². The minimum atomic E-state index is -0.287. The fourth-order valence-electron chi connectivity index (χ4n) is 0.304. The lowest BCUT2D eigenvalue weighted by molar-refractivity contribution is 0.785. The molecule has 5 heteroatoms. The Labute approximate surface area is 50.3 Å². The van der Waals surface area contributed by atoms with Crippen LogP contribution in [0.15, 0.2) is 15.9 Å². The molecule has 0 aliphatic heterocycles. The molecule has 1 aromatic heterocycles. The van der Waals surface area contributed by atoms with Gasteiger partial charge in [-0.1, -0.05) is 5.21 Å². The molecule has 1 aromatic rings. The number of nitrogens with zero attached hydrogens (tertiary/aromatic N) is 2. The van der Waals surface area contributed by atoms with Crippen molar-refractivity contribution in [3.8, 4) is 0 Å². The van der Waals surface area contributed by atoms with Gasteiger partial charge in [0.15, 0.2) is 0 Å². The quantitative estimate of drug-likeness (QED) is 0.462. The maximum absolute atomic E-state index is 10.3. The average molecular weight is 129 g/mol. The molecule has 1 rings (SSSR count). The van der Waals surface area contributed by atoms with Crippen molar-refractivity contribution in [2.24, 2.45) is 0 Å². The average Bonchev–Trinajstić information content (AvgIpc) is 1.64. The Morgan fingerprint density at radius 1 is 1.75 bits per heavy atom. The third kappa shape index (κ3) is 1.06. The van der Waals surface area contributed by atoms with Crippen molar-refractivity contribution in [1.82, 2.24) is 15.4 Å². The highest BCUT2D eigenvalue weighted by molar-refractivity contribution is 7.80. The van der Waals surface area contributed by atoms with E-state index < -0.39 is 0 Å². The summed E-state index contributed by atoms with van der Waals surface area (Å²) >= 11 is 3.76. The first-order valence-corrected chi connectivity index (χ1v) is 2.35. The lowest BCUT2D eigenvalue weighted by Crippen LogP contribution is -2.06. The molecule has 0 aliphatic rings. The Kier molecular flexibility index (Phi) is 1.29. The second-order valence-corrected chi connectivity index (χ2v) is 1.64. The number of hydrogen-bond donors (Lipinski definition) is 2. The van der Waals surface area contributed by atoms with Crippen LogP contribution in [-0.2, 0) is 0 Å². The van der Waals surface area contributed by atoms with Crippen LogP contribution in [0.1, 0.15) is 0 Å². The van der Waals surface area contributed by atoms with Gasteiger partial charge in [-0.3, -0.25) is 4.79 Å². The molecular weight excluding hydrogens is 126 g/mol. The van der Waals surface area contributed by atoms with Crippen LogP contribution in [0.4, 0.5) is 0 Å². The van der Waals surface area contributed by atoms with Gasteiger partial charge < -0.3 is 0 Å². The fourth-order valence-corrected chi connectivity index (χ4v) is 0.466. The summed E-state index contributed by atoms with van der Waals surface area (Å²) in [6.07, 6.45) is 0. The number of thiol groups is 1. The Morgan fingerprint density at radius 2 is 2.50 bits per heavy atom. The lowest BCUT2D eigenvalue weighted by atomic mass is 10.7. The van der Waals surface area contributed by atoms with E-state index in [2.05, 4.69) is 28.0 Å². The van der Waals surface area contributed by atoms with Gasteiger partial charge >= 0.3 is 0 Å². The molecule has 0 radical (unpaired) electrons. The number of aromatic amines is 1. The van der Waals surface area contributed by atoms with Crippen LogP contribution < -0.4 is 5.56 Å². The molecule has 0 aromatic carbocycles. The van der Waals surface area contributed by atoms with Crippen molar-refractivity contribution in [3.05, 3.63) is 16.4 Å². The van der Waals surface area contributed by atoms with Crippen molar-refractivity contribution in [1.29, 1.82) is 0 Å². The van der Waals surface area contributed by atoms with Crippen molar-refractivity contribution in [2.45, 2.75) is 5.03 Å². The molecule has 0 atom stereocenters. The molecule has 0 saturated heterocycles. The predicted octanol–water partition coefficient (Wildman–Crippen LogP) is -0.546. The summed E-state index contributed by atoms with van der Waals surface area (Å²) < 4.78 is 0. The molecule has 0 fully saturated rings. The number of nitrogens with one attached hydrogen (secondary N) is 1. The molecule has 0 spiro atoms. The molecule has 4 nitrogen and oxygen atoms in total. The molecule has 8 heavy (non-hydrogen) atoms. The van der Waals surface area contributed by atoms with Gasteiger partial charge in [0.05, 0.1) is 0 Å². The molecule has 0 amide bonds.